The normalized spacial score (nSPS) is 9.32. The number of urea groups is 1. The third-order valence-electron chi connectivity index (χ3n) is 1.61. The predicted octanol–water partition coefficient (Wildman–Crippen LogP) is 0.295. The number of nitrogens with zero attached hydrogens (tertiary/aromatic N) is 2. The van der Waals surface area contributed by atoms with E-state index in [9.17, 15) is 9.59 Å². The van der Waals surface area contributed by atoms with Gasteiger partial charge in [-0.15, -0.1) is 0 Å². The Balaban J connectivity index is 0. The van der Waals surface area contributed by atoms with Gasteiger partial charge in [-0.2, -0.15) is 4.99 Å². The number of carbonyl (C=O) groups excluding carboxylic acids is 2. The van der Waals surface area contributed by atoms with Crippen LogP contribution in [-0.4, -0.2) is 71.9 Å². The molecular weight excluding hydrogens is 252 g/mol. The molecule has 2 N–H and O–H groups in total. The summed E-state index contributed by atoms with van der Waals surface area (Å²) in [6.07, 6.45) is 1.65. The van der Waals surface area contributed by atoms with Gasteiger partial charge in [-0.25, -0.2) is 9.59 Å². The molecule has 0 saturated carbocycles. The van der Waals surface area contributed by atoms with Crippen molar-refractivity contribution < 1.29 is 19.1 Å². The molecule has 0 aromatic heterocycles. The second kappa shape index (κ2) is 14.2. The number of ether oxygens (including phenoxy) is 2. The van der Waals surface area contributed by atoms with Crippen molar-refractivity contribution in [2.45, 2.75) is 6.42 Å². The maximum absolute atomic E-state index is 10.5. The lowest BCUT2D eigenvalue weighted by Crippen LogP contribution is -2.33. The van der Waals surface area contributed by atoms with E-state index in [4.69, 9.17) is 4.74 Å². The fourth-order valence-corrected chi connectivity index (χ4v) is 0.722. The van der Waals surface area contributed by atoms with Gasteiger partial charge >= 0.3 is 12.1 Å². The summed E-state index contributed by atoms with van der Waals surface area (Å²) in [6, 6.07) is -0.142. The summed E-state index contributed by atoms with van der Waals surface area (Å²) in [5.74, 6) is 0. The average molecular weight is 276 g/mol. The van der Waals surface area contributed by atoms with Gasteiger partial charge < -0.3 is 25.0 Å². The van der Waals surface area contributed by atoms with Gasteiger partial charge in [0.2, 0.25) is 0 Å². The largest absolute Gasteiger partial charge is 0.451 e. The van der Waals surface area contributed by atoms with Crippen LogP contribution < -0.4 is 10.6 Å². The Kier molecular flexibility index (Phi) is 14.6. The summed E-state index contributed by atoms with van der Waals surface area (Å²) in [6.45, 7) is 1.34. The second-order valence-electron chi connectivity index (χ2n) is 3.53. The summed E-state index contributed by atoms with van der Waals surface area (Å²) in [4.78, 5) is 25.8. The van der Waals surface area contributed by atoms with E-state index in [-0.39, 0.29) is 6.03 Å². The molecule has 0 rings (SSSR count). The summed E-state index contributed by atoms with van der Waals surface area (Å²) in [5.41, 5.74) is 0. The van der Waals surface area contributed by atoms with Gasteiger partial charge in [-0.3, -0.25) is 0 Å². The molecule has 0 radical (unpaired) electrons. The van der Waals surface area contributed by atoms with Crippen molar-refractivity contribution in [3.63, 3.8) is 0 Å². The number of amides is 3. The smallest absolute Gasteiger partial charge is 0.434 e. The Morgan fingerprint density at radius 3 is 2.37 bits per heavy atom. The lowest BCUT2D eigenvalue weighted by atomic mass is 10.4. The number of rotatable bonds is 5. The van der Waals surface area contributed by atoms with Crippen LogP contribution in [0.25, 0.3) is 0 Å². The highest BCUT2D eigenvalue weighted by Gasteiger charge is 1.92. The molecule has 0 bridgehead atoms. The Morgan fingerprint density at radius 1 is 1.32 bits per heavy atom. The quantitative estimate of drug-likeness (QED) is 0.428. The van der Waals surface area contributed by atoms with Crippen LogP contribution in [0, 0.1) is 0 Å². The summed E-state index contributed by atoms with van der Waals surface area (Å²) in [7, 11) is 8.06. The van der Waals surface area contributed by atoms with E-state index in [1.54, 1.807) is 33.2 Å². The van der Waals surface area contributed by atoms with Crippen molar-refractivity contribution in [1.29, 1.82) is 0 Å². The molecule has 0 aliphatic rings. The zero-order valence-electron chi connectivity index (χ0n) is 12.2. The zero-order chi connectivity index (χ0) is 15.1. The summed E-state index contributed by atoms with van der Waals surface area (Å²) < 4.78 is 9.02. The molecule has 8 nitrogen and oxygen atoms in total. The van der Waals surface area contributed by atoms with Gasteiger partial charge in [0.15, 0.2) is 0 Å². The van der Waals surface area contributed by atoms with Crippen molar-refractivity contribution in [2.75, 3.05) is 48.5 Å². The number of methoxy groups -OCH3 is 2. The molecule has 0 heterocycles. The topological polar surface area (TPSA) is 92.3 Å². The van der Waals surface area contributed by atoms with Gasteiger partial charge in [0.25, 0.3) is 0 Å². The molecule has 0 spiro atoms. The van der Waals surface area contributed by atoms with Crippen LogP contribution in [0.1, 0.15) is 6.42 Å². The third-order valence-corrected chi connectivity index (χ3v) is 1.61. The van der Waals surface area contributed by atoms with E-state index < -0.39 is 6.09 Å². The molecule has 0 aliphatic carbocycles. The lowest BCUT2D eigenvalue weighted by molar-refractivity contribution is 0.182. The van der Waals surface area contributed by atoms with Crippen molar-refractivity contribution in [1.82, 2.24) is 15.5 Å². The monoisotopic (exact) mass is 276 g/mol. The Hall–Kier alpha value is -1.83. The maximum Gasteiger partial charge on any atom is 0.434 e. The highest BCUT2D eigenvalue weighted by atomic mass is 16.5. The Morgan fingerprint density at radius 2 is 1.95 bits per heavy atom. The van der Waals surface area contributed by atoms with Gasteiger partial charge in [-0.1, -0.05) is 0 Å². The number of carbonyl (C=O) groups is 2. The van der Waals surface area contributed by atoms with Crippen LogP contribution >= 0.6 is 0 Å². The molecule has 0 aromatic carbocycles. The zero-order valence-corrected chi connectivity index (χ0v) is 12.2. The van der Waals surface area contributed by atoms with Crippen LogP contribution in [0.2, 0.25) is 0 Å². The van der Waals surface area contributed by atoms with Crippen molar-refractivity contribution in [3.05, 3.63) is 0 Å². The first-order chi connectivity index (χ1) is 8.97. The maximum atomic E-state index is 10.5. The van der Waals surface area contributed by atoms with Crippen molar-refractivity contribution in [3.8, 4) is 0 Å². The number of hydrogen-bond donors (Lipinski definition) is 2. The van der Waals surface area contributed by atoms with E-state index in [0.717, 1.165) is 6.42 Å². The average Bonchev–Trinajstić information content (AvgIpc) is 2.41. The van der Waals surface area contributed by atoms with Crippen LogP contribution in [0.4, 0.5) is 9.59 Å². The van der Waals surface area contributed by atoms with Crippen LogP contribution in [0.15, 0.2) is 4.99 Å². The first-order valence-electron chi connectivity index (χ1n) is 5.71. The fourth-order valence-electron chi connectivity index (χ4n) is 0.722. The SMILES string of the molecule is CNC(=O)NCCCOC.COC(=O)N=CN(C)C. The molecule has 0 saturated heterocycles. The van der Waals surface area contributed by atoms with Crippen LogP contribution in [0.5, 0.6) is 0 Å². The highest BCUT2D eigenvalue weighted by molar-refractivity contribution is 5.78. The molecule has 0 unspecified atom stereocenters. The Bertz CT molecular complexity index is 269. The fraction of sp³-hybridized carbons (Fsp3) is 0.727. The molecule has 19 heavy (non-hydrogen) atoms. The van der Waals surface area contributed by atoms with E-state index in [0.29, 0.717) is 13.2 Å². The van der Waals surface area contributed by atoms with Gasteiger partial charge in [0, 0.05) is 41.4 Å². The van der Waals surface area contributed by atoms with Gasteiger partial charge in [-0.05, 0) is 6.42 Å². The van der Waals surface area contributed by atoms with Gasteiger partial charge in [0.05, 0.1) is 13.4 Å². The number of hydrogen-bond acceptors (Lipinski definition) is 4. The molecule has 112 valence electrons. The van der Waals surface area contributed by atoms with E-state index >= 15 is 0 Å². The van der Waals surface area contributed by atoms with Gasteiger partial charge in [0.1, 0.15) is 0 Å². The van der Waals surface area contributed by atoms with Crippen molar-refractivity contribution in [2.24, 2.45) is 4.99 Å². The van der Waals surface area contributed by atoms with E-state index in [1.807, 2.05) is 0 Å². The molecule has 0 aromatic rings. The minimum atomic E-state index is -0.580. The first kappa shape index (κ1) is 19.5. The molecule has 8 heteroatoms. The molecule has 0 fully saturated rings. The number of aliphatic imine (C=N–C) groups is 1. The second-order valence-corrected chi connectivity index (χ2v) is 3.53. The van der Waals surface area contributed by atoms with Crippen LogP contribution in [0.3, 0.4) is 0 Å². The minimum Gasteiger partial charge on any atom is -0.451 e. The molecule has 0 aliphatic heterocycles. The van der Waals surface area contributed by atoms with Crippen LogP contribution in [-0.2, 0) is 9.47 Å². The van der Waals surface area contributed by atoms with E-state index in [1.165, 1.54) is 13.4 Å². The minimum absolute atomic E-state index is 0.142. The highest BCUT2D eigenvalue weighted by Crippen LogP contribution is 1.77. The van der Waals surface area contributed by atoms with E-state index in [2.05, 4.69) is 20.4 Å². The summed E-state index contributed by atoms with van der Waals surface area (Å²) in [5, 5.41) is 5.09. The summed E-state index contributed by atoms with van der Waals surface area (Å²) >= 11 is 0. The first-order valence-corrected chi connectivity index (χ1v) is 5.71. The lowest BCUT2D eigenvalue weighted by Gasteiger charge is -2.02. The number of nitrogens with one attached hydrogen (secondary N) is 2. The standard InChI is InChI=1S/C6H14N2O2.C5H10N2O2/c1-7-6(9)8-4-3-5-10-2;1-7(2)4-6-5(8)9-3/h3-5H2,1-2H3,(H2,7,8,9);4H,1-3H3. The third kappa shape index (κ3) is 18.7. The van der Waals surface area contributed by atoms with Crippen molar-refractivity contribution >= 4 is 18.5 Å². The molecule has 3 amide bonds. The predicted molar refractivity (Wildman–Crippen MR) is 73.5 cm³/mol. The molecular formula is C11H24N4O4. The molecule has 0 atom stereocenters. The Labute approximate surface area is 114 Å².